The first kappa shape index (κ1) is 13.1. The molecule has 2 heterocycles. The Balaban J connectivity index is 2.09. The molecule has 1 aliphatic rings. The second-order valence-corrected chi connectivity index (χ2v) is 7.39. The predicted octanol–water partition coefficient (Wildman–Crippen LogP) is 4.97. The van der Waals surface area contributed by atoms with Crippen LogP contribution in [0.2, 0.25) is 0 Å². The largest absolute Gasteiger partial charge is 0.496 e. The van der Waals surface area contributed by atoms with Crippen LogP contribution in [-0.4, -0.2) is 17.1 Å². The van der Waals surface area contributed by atoms with Crippen molar-refractivity contribution < 1.29 is 4.74 Å². The topological polar surface area (TPSA) is 37.9 Å². The fraction of sp³-hybridized carbons (Fsp3) is 0.188. The van der Waals surface area contributed by atoms with Crippen molar-refractivity contribution >= 4 is 32.6 Å². The van der Waals surface area contributed by atoms with E-state index in [0.29, 0.717) is 0 Å². The number of methoxy groups -OCH3 is 1. The molecule has 0 amide bonds. The van der Waals surface area contributed by atoms with Crippen LogP contribution in [0.1, 0.15) is 11.1 Å². The molecule has 0 unspecified atom stereocenters. The normalized spacial score (nSPS) is 13.1. The first-order chi connectivity index (χ1) is 10.2. The Morgan fingerprint density at radius 3 is 2.62 bits per heavy atom. The lowest BCUT2D eigenvalue weighted by Gasteiger charge is -2.21. The SMILES string of the molecule is COc1cc2c(cc1C)SSc1cc(C)c3nc[nH]c3c1-2. The highest BCUT2D eigenvalue weighted by Gasteiger charge is 2.23. The number of benzene rings is 2. The summed E-state index contributed by atoms with van der Waals surface area (Å²) in [6.45, 7) is 4.20. The predicted molar refractivity (Wildman–Crippen MR) is 89.3 cm³/mol. The van der Waals surface area contributed by atoms with Gasteiger partial charge >= 0.3 is 0 Å². The van der Waals surface area contributed by atoms with Crippen molar-refractivity contribution in [3.05, 3.63) is 35.7 Å². The number of rotatable bonds is 1. The molecule has 1 aromatic heterocycles. The highest BCUT2D eigenvalue weighted by molar-refractivity contribution is 8.76. The highest BCUT2D eigenvalue weighted by atomic mass is 33.1. The number of aromatic nitrogens is 2. The zero-order valence-corrected chi connectivity index (χ0v) is 13.6. The van der Waals surface area contributed by atoms with Crippen LogP contribution < -0.4 is 4.74 Å². The standard InChI is InChI=1S/C16H14N2OS2/c1-8-4-12-10(6-11(8)19-3)14-13(21-20-12)5-9(2)15-16(14)18-7-17-15/h4-7H,1-3H3,(H,17,18). The van der Waals surface area contributed by atoms with Crippen molar-refractivity contribution in [2.45, 2.75) is 23.6 Å². The maximum absolute atomic E-state index is 5.50. The molecule has 0 radical (unpaired) electrons. The van der Waals surface area contributed by atoms with Gasteiger partial charge in [-0.05, 0) is 43.2 Å². The first-order valence-corrected chi connectivity index (χ1v) is 8.84. The number of aryl methyl sites for hydroxylation is 2. The van der Waals surface area contributed by atoms with Gasteiger partial charge in [-0.1, -0.05) is 21.6 Å². The highest BCUT2D eigenvalue weighted by Crippen LogP contribution is 2.54. The van der Waals surface area contributed by atoms with Crippen LogP contribution in [0, 0.1) is 13.8 Å². The Morgan fingerprint density at radius 2 is 1.81 bits per heavy atom. The van der Waals surface area contributed by atoms with E-state index in [0.717, 1.165) is 16.8 Å². The Kier molecular flexibility index (Phi) is 2.94. The third-order valence-electron chi connectivity index (χ3n) is 3.84. The quantitative estimate of drug-likeness (QED) is 0.644. The van der Waals surface area contributed by atoms with Gasteiger partial charge in [-0.3, -0.25) is 0 Å². The van der Waals surface area contributed by atoms with Gasteiger partial charge in [0.1, 0.15) is 5.75 Å². The van der Waals surface area contributed by atoms with Crippen molar-refractivity contribution in [2.75, 3.05) is 7.11 Å². The van der Waals surface area contributed by atoms with Crippen molar-refractivity contribution in [3.63, 3.8) is 0 Å². The van der Waals surface area contributed by atoms with Gasteiger partial charge in [0, 0.05) is 20.9 Å². The van der Waals surface area contributed by atoms with Crippen LogP contribution in [-0.2, 0) is 0 Å². The number of hydrogen-bond donors (Lipinski definition) is 1. The molecule has 1 aliphatic heterocycles. The van der Waals surface area contributed by atoms with Gasteiger partial charge < -0.3 is 9.72 Å². The maximum Gasteiger partial charge on any atom is 0.122 e. The summed E-state index contributed by atoms with van der Waals surface area (Å²) in [4.78, 5) is 10.3. The Bertz CT molecular complexity index is 870. The minimum atomic E-state index is 0.931. The fourth-order valence-electron chi connectivity index (χ4n) is 2.81. The first-order valence-electron chi connectivity index (χ1n) is 6.69. The molecule has 106 valence electrons. The molecule has 0 saturated heterocycles. The number of nitrogens with zero attached hydrogens (tertiary/aromatic N) is 1. The lowest BCUT2D eigenvalue weighted by atomic mass is 10.00. The van der Waals surface area contributed by atoms with Crippen molar-refractivity contribution in [1.82, 2.24) is 9.97 Å². The second-order valence-electron chi connectivity index (χ2n) is 5.18. The summed E-state index contributed by atoms with van der Waals surface area (Å²) in [6, 6.07) is 6.58. The minimum Gasteiger partial charge on any atom is -0.496 e. The Labute approximate surface area is 130 Å². The number of H-pyrrole nitrogens is 1. The monoisotopic (exact) mass is 314 g/mol. The van der Waals surface area contributed by atoms with Crippen LogP contribution in [0.3, 0.4) is 0 Å². The minimum absolute atomic E-state index is 0.931. The summed E-state index contributed by atoms with van der Waals surface area (Å²) < 4.78 is 5.50. The molecule has 1 N–H and O–H groups in total. The molecule has 3 aromatic rings. The van der Waals surface area contributed by atoms with Crippen LogP contribution in [0.15, 0.2) is 34.3 Å². The van der Waals surface area contributed by atoms with Gasteiger partial charge in [0.15, 0.2) is 0 Å². The molecule has 4 rings (SSSR count). The van der Waals surface area contributed by atoms with E-state index in [1.54, 1.807) is 13.4 Å². The van der Waals surface area contributed by atoms with Gasteiger partial charge in [0.25, 0.3) is 0 Å². The molecule has 0 atom stereocenters. The molecule has 0 fully saturated rings. The molecule has 5 heteroatoms. The second kappa shape index (κ2) is 4.71. The summed E-state index contributed by atoms with van der Waals surface area (Å²) >= 11 is 0. The fourth-order valence-corrected chi connectivity index (χ4v) is 5.34. The van der Waals surface area contributed by atoms with Crippen LogP contribution >= 0.6 is 21.6 Å². The molecular formula is C16H14N2OS2. The summed E-state index contributed by atoms with van der Waals surface area (Å²) in [7, 11) is 5.35. The van der Waals surface area contributed by atoms with E-state index in [9.17, 15) is 0 Å². The van der Waals surface area contributed by atoms with E-state index < -0.39 is 0 Å². The zero-order valence-electron chi connectivity index (χ0n) is 12.0. The molecule has 0 saturated carbocycles. The Hall–Kier alpha value is -1.59. The average molecular weight is 314 g/mol. The number of aromatic amines is 1. The summed E-state index contributed by atoms with van der Waals surface area (Å²) in [6.07, 6.45) is 1.77. The van der Waals surface area contributed by atoms with Gasteiger partial charge in [-0.2, -0.15) is 0 Å². The van der Waals surface area contributed by atoms with E-state index in [1.165, 1.54) is 32.0 Å². The van der Waals surface area contributed by atoms with Crippen molar-refractivity contribution in [1.29, 1.82) is 0 Å². The molecule has 2 aromatic carbocycles. The van der Waals surface area contributed by atoms with Gasteiger partial charge in [0.2, 0.25) is 0 Å². The molecule has 0 bridgehead atoms. The number of imidazole rings is 1. The van der Waals surface area contributed by atoms with Crippen molar-refractivity contribution in [3.8, 4) is 16.9 Å². The van der Waals surface area contributed by atoms with Gasteiger partial charge in [0.05, 0.1) is 24.5 Å². The number of hydrogen-bond acceptors (Lipinski definition) is 4. The Morgan fingerprint density at radius 1 is 1.05 bits per heavy atom. The van der Waals surface area contributed by atoms with Crippen LogP contribution in [0.5, 0.6) is 5.75 Å². The third kappa shape index (κ3) is 1.88. The lowest BCUT2D eigenvalue weighted by Crippen LogP contribution is -1.96. The number of ether oxygens (including phenoxy) is 1. The van der Waals surface area contributed by atoms with Crippen molar-refractivity contribution in [2.24, 2.45) is 0 Å². The van der Waals surface area contributed by atoms with E-state index in [1.807, 2.05) is 21.6 Å². The molecule has 3 nitrogen and oxygen atoms in total. The van der Waals surface area contributed by atoms with Gasteiger partial charge in [-0.15, -0.1) is 0 Å². The smallest absolute Gasteiger partial charge is 0.122 e. The van der Waals surface area contributed by atoms with E-state index >= 15 is 0 Å². The summed E-state index contributed by atoms with van der Waals surface area (Å²) in [5.41, 5.74) is 7.01. The van der Waals surface area contributed by atoms with Crippen LogP contribution in [0.4, 0.5) is 0 Å². The zero-order chi connectivity index (χ0) is 14.6. The molecular weight excluding hydrogens is 300 g/mol. The number of nitrogens with one attached hydrogen (secondary N) is 1. The van der Waals surface area contributed by atoms with Crippen LogP contribution in [0.25, 0.3) is 22.2 Å². The van der Waals surface area contributed by atoms with E-state index in [4.69, 9.17) is 4.74 Å². The molecule has 21 heavy (non-hydrogen) atoms. The van der Waals surface area contributed by atoms with E-state index in [2.05, 4.69) is 42.0 Å². The van der Waals surface area contributed by atoms with E-state index in [-0.39, 0.29) is 0 Å². The summed E-state index contributed by atoms with van der Waals surface area (Å²) in [5.74, 6) is 0.931. The molecule has 0 spiro atoms. The molecule has 0 aliphatic carbocycles. The third-order valence-corrected chi connectivity index (χ3v) is 6.27. The number of fused-ring (bicyclic) bond motifs is 5. The maximum atomic E-state index is 5.50. The average Bonchev–Trinajstić information content (AvgIpc) is 2.96. The lowest BCUT2D eigenvalue weighted by molar-refractivity contribution is 0.411. The van der Waals surface area contributed by atoms with Gasteiger partial charge in [-0.25, -0.2) is 4.98 Å². The summed E-state index contributed by atoms with van der Waals surface area (Å²) in [5, 5.41) is 0.